The summed E-state index contributed by atoms with van der Waals surface area (Å²) in [4.78, 5) is 15.2. The monoisotopic (exact) mass is 390 g/mol. The van der Waals surface area contributed by atoms with E-state index in [1.165, 1.54) is 32.4 Å². The minimum Gasteiger partial charge on any atom is -0.494 e. The average Bonchev–Trinajstić information content (AvgIpc) is 2.72. The first-order valence-electron chi connectivity index (χ1n) is 11.0. The van der Waals surface area contributed by atoms with Gasteiger partial charge < -0.3 is 19.7 Å². The van der Waals surface area contributed by atoms with Gasteiger partial charge in [-0.15, -0.1) is 0 Å². The fraction of sp³-hybridized carbons (Fsp3) is 0.696. The number of carbonyl (C=O) groups is 1. The van der Waals surface area contributed by atoms with E-state index in [9.17, 15) is 4.79 Å². The number of hydrogen-bond donors (Lipinski definition) is 1. The van der Waals surface area contributed by atoms with Crippen LogP contribution in [0.2, 0.25) is 0 Å². The van der Waals surface area contributed by atoms with Crippen molar-refractivity contribution in [3.63, 3.8) is 0 Å². The highest BCUT2D eigenvalue weighted by atomic mass is 16.5. The van der Waals surface area contributed by atoms with Crippen molar-refractivity contribution in [2.75, 3.05) is 38.2 Å². The van der Waals surface area contributed by atoms with Gasteiger partial charge in [-0.05, 0) is 76.4 Å². The van der Waals surface area contributed by atoms with Crippen molar-refractivity contribution >= 4 is 11.6 Å². The SMILES string of the molecule is CCCO[C@@](C)(CCC)C(=O)Nc1ccc(OCCCN2CCCCC2)cc1. The number of benzene rings is 1. The van der Waals surface area contributed by atoms with Crippen molar-refractivity contribution in [3.05, 3.63) is 24.3 Å². The van der Waals surface area contributed by atoms with Gasteiger partial charge in [-0.3, -0.25) is 4.79 Å². The summed E-state index contributed by atoms with van der Waals surface area (Å²) in [7, 11) is 0. The number of carbonyl (C=O) groups excluding carboxylic acids is 1. The van der Waals surface area contributed by atoms with Crippen LogP contribution in [0.4, 0.5) is 5.69 Å². The molecule has 0 aliphatic carbocycles. The Bertz CT molecular complexity index is 570. The van der Waals surface area contributed by atoms with Crippen molar-refractivity contribution < 1.29 is 14.3 Å². The van der Waals surface area contributed by atoms with Crippen molar-refractivity contribution in [3.8, 4) is 5.75 Å². The van der Waals surface area contributed by atoms with E-state index in [0.29, 0.717) is 13.0 Å². The van der Waals surface area contributed by atoms with Crippen LogP contribution in [0.1, 0.15) is 65.7 Å². The molecule has 2 rings (SSSR count). The lowest BCUT2D eigenvalue weighted by molar-refractivity contribution is -0.140. The van der Waals surface area contributed by atoms with E-state index in [2.05, 4.69) is 24.1 Å². The molecular weight excluding hydrogens is 352 g/mol. The maximum absolute atomic E-state index is 12.7. The Kier molecular flexibility index (Phi) is 9.79. The van der Waals surface area contributed by atoms with E-state index >= 15 is 0 Å². The molecule has 1 saturated heterocycles. The molecule has 1 aromatic rings. The number of ether oxygens (including phenoxy) is 2. The van der Waals surface area contributed by atoms with Gasteiger partial charge in [0.15, 0.2) is 0 Å². The van der Waals surface area contributed by atoms with Crippen LogP contribution in [0.3, 0.4) is 0 Å². The summed E-state index contributed by atoms with van der Waals surface area (Å²) in [5.41, 5.74) is -0.0120. The van der Waals surface area contributed by atoms with Crippen LogP contribution in [0.25, 0.3) is 0 Å². The molecule has 0 spiro atoms. The zero-order chi connectivity index (χ0) is 20.2. The molecule has 1 atom stereocenters. The number of likely N-dealkylation sites (tertiary alicyclic amines) is 1. The molecule has 1 amide bonds. The molecule has 5 heteroatoms. The van der Waals surface area contributed by atoms with E-state index in [1.807, 2.05) is 31.2 Å². The van der Waals surface area contributed by atoms with Crippen LogP contribution >= 0.6 is 0 Å². The van der Waals surface area contributed by atoms with Gasteiger partial charge >= 0.3 is 0 Å². The molecule has 0 unspecified atom stereocenters. The summed E-state index contributed by atoms with van der Waals surface area (Å²) in [6.07, 6.45) is 7.58. The quantitative estimate of drug-likeness (QED) is 0.518. The maximum Gasteiger partial charge on any atom is 0.256 e. The van der Waals surface area contributed by atoms with Crippen molar-refractivity contribution in [2.45, 2.75) is 71.3 Å². The summed E-state index contributed by atoms with van der Waals surface area (Å²) in [5, 5.41) is 2.99. The number of nitrogens with zero attached hydrogens (tertiary/aromatic N) is 1. The van der Waals surface area contributed by atoms with Crippen LogP contribution in [0.5, 0.6) is 5.75 Å². The molecule has 1 heterocycles. The summed E-state index contributed by atoms with van der Waals surface area (Å²) in [6, 6.07) is 7.62. The number of hydrogen-bond acceptors (Lipinski definition) is 4. The lowest BCUT2D eigenvalue weighted by atomic mass is 9.99. The third kappa shape index (κ3) is 7.44. The van der Waals surface area contributed by atoms with Crippen molar-refractivity contribution in [2.24, 2.45) is 0 Å². The van der Waals surface area contributed by atoms with Gasteiger partial charge in [-0.25, -0.2) is 0 Å². The Morgan fingerprint density at radius 2 is 1.79 bits per heavy atom. The molecule has 1 aliphatic rings. The van der Waals surface area contributed by atoms with Crippen LogP contribution in [-0.2, 0) is 9.53 Å². The average molecular weight is 391 g/mol. The second-order valence-electron chi connectivity index (χ2n) is 7.91. The van der Waals surface area contributed by atoms with Crippen LogP contribution in [0, 0.1) is 0 Å². The number of piperidine rings is 1. The van der Waals surface area contributed by atoms with Gasteiger partial charge in [0.05, 0.1) is 6.61 Å². The predicted octanol–water partition coefficient (Wildman–Crippen LogP) is 4.87. The van der Waals surface area contributed by atoms with Crippen LogP contribution in [-0.4, -0.2) is 49.3 Å². The Morgan fingerprint density at radius 3 is 2.43 bits per heavy atom. The van der Waals surface area contributed by atoms with Gasteiger partial charge in [0, 0.05) is 18.8 Å². The lowest BCUT2D eigenvalue weighted by Gasteiger charge is -2.28. The third-order valence-corrected chi connectivity index (χ3v) is 5.28. The minimum absolute atomic E-state index is 0.0852. The van der Waals surface area contributed by atoms with E-state index in [4.69, 9.17) is 9.47 Å². The number of rotatable bonds is 12. The maximum atomic E-state index is 12.7. The van der Waals surface area contributed by atoms with E-state index in [-0.39, 0.29) is 5.91 Å². The Labute approximate surface area is 170 Å². The zero-order valence-electron chi connectivity index (χ0n) is 18.0. The fourth-order valence-corrected chi connectivity index (χ4v) is 3.61. The molecular formula is C23H38N2O3. The van der Waals surface area contributed by atoms with Crippen molar-refractivity contribution in [1.82, 2.24) is 4.90 Å². The van der Waals surface area contributed by atoms with E-state index < -0.39 is 5.60 Å². The second-order valence-corrected chi connectivity index (χ2v) is 7.91. The Morgan fingerprint density at radius 1 is 1.07 bits per heavy atom. The topological polar surface area (TPSA) is 50.8 Å². The molecule has 0 bridgehead atoms. The molecule has 1 aromatic carbocycles. The van der Waals surface area contributed by atoms with E-state index in [1.54, 1.807) is 0 Å². The molecule has 5 nitrogen and oxygen atoms in total. The number of anilines is 1. The van der Waals surface area contributed by atoms with Gasteiger partial charge in [0.2, 0.25) is 0 Å². The van der Waals surface area contributed by atoms with Gasteiger partial charge in [-0.1, -0.05) is 26.7 Å². The van der Waals surface area contributed by atoms with Gasteiger partial charge in [0.25, 0.3) is 5.91 Å². The first-order chi connectivity index (χ1) is 13.6. The minimum atomic E-state index is -0.783. The summed E-state index contributed by atoms with van der Waals surface area (Å²) in [6.45, 7) is 10.9. The molecule has 0 radical (unpaired) electrons. The smallest absolute Gasteiger partial charge is 0.256 e. The number of amides is 1. The second kappa shape index (κ2) is 12.1. The first kappa shape index (κ1) is 22.7. The predicted molar refractivity (Wildman–Crippen MR) is 115 cm³/mol. The number of nitrogens with one attached hydrogen (secondary N) is 1. The molecule has 28 heavy (non-hydrogen) atoms. The van der Waals surface area contributed by atoms with Gasteiger partial charge in [0.1, 0.15) is 11.4 Å². The zero-order valence-corrected chi connectivity index (χ0v) is 18.0. The molecule has 0 saturated carbocycles. The standard InChI is InChI=1S/C23H38N2O3/c1-4-14-23(3,28-18-5-2)22(26)24-20-10-12-21(13-11-20)27-19-9-17-25-15-7-6-8-16-25/h10-13H,4-9,14-19H2,1-3H3,(H,24,26)/t23-/m0/s1. The fourth-order valence-electron chi connectivity index (χ4n) is 3.61. The normalized spacial score (nSPS) is 17.1. The molecule has 0 aromatic heterocycles. The molecule has 1 aliphatic heterocycles. The third-order valence-electron chi connectivity index (χ3n) is 5.28. The first-order valence-corrected chi connectivity index (χ1v) is 11.0. The van der Waals surface area contributed by atoms with Gasteiger partial charge in [-0.2, -0.15) is 0 Å². The molecule has 158 valence electrons. The van der Waals surface area contributed by atoms with E-state index in [0.717, 1.165) is 43.9 Å². The van der Waals surface area contributed by atoms with Crippen LogP contribution in [0.15, 0.2) is 24.3 Å². The highest BCUT2D eigenvalue weighted by Gasteiger charge is 2.33. The highest BCUT2D eigenvalue weighted by Crippen LogP contribution is 2.22. The Balaban J connectivity index is 1.76. The summed E-state index contributed by atoms with van der Waals surface area (Å²) < 4.78 is 11.7. The Hall–Kier alpha value is -1.59. The molecule has 1 fully saturated rings. The molecule has 1 N–H and O–H groups in total. The van der Waals surface area contributed by atoms with Crippen LogP contribution < -0.4 is 10.1 Å². The van der Waals surface area contributed by atoms with Crippen molar-refractivity contribution in [1.29, 1.82) is 0 Å². The summed E-state index contributed by atoms with van der Waals surface area (Å²) in [5.74, 6) is 0.758. The lowest BCUT2D eigenvalue weighted by Crippen LogP contribution is -2.43. The largest absolute Gasteiger partial charge is 0.494 e. The highest BCUT2D eigenvalue weighted by molar-refractivity contribution is 5.97. The summed E-state index contributed by atoms with van der Waals surface area (Å²) >= 11 is 0.